The molecule has 0 aliphatic rings. The van der Waals surface area contributed by atoms with E-state index in [1.807, 2.05) is 58.0 Å². The summed E-state index contributed by atoms with van der Waals surface area (Å²) in [6, 6.07) is 9.63. The van der Waals surface area contributed by atoms with Crippen molar-refractivity contribution in [3.8, 4) is 0 Å². The van der Waals surface area contributed by atoms with Gasteiger partial charge in [-0.2, -0.15) is 9.40 Å². The number of hydrogen-bond donors (Lipinski definition) is 0. The molecule has 1 aromatic carbocycles. The maximum Gasteiger partial charge on any atom is 0.246 e. The van der Waals surface area contributed by atoms with Crippen LogP contribution in [0.15, 0.2) is 41.4 Å². The zero-order valence-electron chi connectivity index (χ0n) is 14.4. The minimum atomic E-state index is -3.59. The third kappa shape index (κ3) is 3.82. The van der Waals surface area contributed by atoms with E-state index in [9.17, 15) is 8.42 Å². The van der Waals surface area contributed by atoms with E-state index in [0.717, 1.165) is 5.56 Å². The summed E-state index contributed by atoms with van der Waals surface area (Å²) in [6.45, 7) is 8.55. The number of aryl methyl sites for hydroxylation is 1. The molecule has 0 aliphatic heterocycles. The summed E-state index contributed by atoms with van der Waals surface area (Å²) >= 11 is 0. The van der Waals surface area contributed by atoms with Gasteiger partial charge in [0.2, 0.25) is 10.0 Å². The van der Waals surface area contributed by atoms with Gasteiger partial charge >= 0.3 is 0 Å². The fourth-order valence-corrected chi connectivity index (χ4v) is 4.28. The third-order valence-electron chi connectivity index (χ3n) is 3.68. The first-order valence-electron chi connectivity index (χ1n) is 7.74. The Morgan fingerprint density at radius 2 is 1.78 bits per heavy atom. The molecule has 23 heavy (non-hydrogen) atoms. The Balaban J connectivity index is 2.44. The van der Waals surface area contributed by atoms with Gasteiger partial charge in [-0.05, 0) is 5.56 Å². The first-order valence-corrected chi connectivity index (χ1v) is 9.18. The zero-order valence-corrected chi connectivity index (χ0v) is 15.3. The monoisotopic (exact) mass is 335 g/mol. The fourth-order valence-electron chi connectivity index (χ4n) is 2.47. The molecule has 0 saturated heterocycles. The van der Waals surface area contributed by atoms with Gasteiger partial charge in [-0.15, -0.1) is 0 Å². The highest BCUT2D eigenvalue weighted by Crippen LogP contribution is 2.29. The third-order valence-corrected chi connectivity index (χ3v) is 5.60. The van der Waals surface area contributed by atoms with Gasteiger partial charge in [0.25, 0.3) is 0 Å². The second kappa shape index (κ2) is 6.45. The van der Waals surface area contributed by atoms with Gasteiger partial charge in [-0.1, -0.05) is 58.0 Å². The van der Waals surface area contributed by atoms with Crippen molar-refractivity contribution < 1.29 is 8.42 Å². The molecule has 2 aromatic rings. The molecule has 0 aliphatic carbocycles. The Morgan fingerprint density at radius 3 is 2.30 bits per heavy atom. The topological polar surface area (TPSA) is 55.2 Å². The van der Waals surface area contributed by atoms with Crippen molar-refractivity contribution >= 4 is 10.0 Å². The quantitative estimate of drug-likeness (QED) is 0.844. The fraction of sp³-hybridized carbons (Fsp3) is 0.471. The lowest BCUT2D eigenvalue weighted by Crippen LogP contribution is -2.32. The Morgan fingerprint density at radius 1 is 1.17 bits per heavy atom. The number of rotatable bonds is 5. The molecule has 0 atom stereocenters. The minimum absolute atomic E-state index is 0.297. The number of aromatic nitrogens is 2. The predicted octanol–water partition coefficient (Wildman–Crippen LogP) is 2.93. The zero-order chi connectivity index (χ0) is 17.3. The molecule has 0 N–H and O–H groups in total. The van der Waals surface area contributed by atoms with Crippen LogP contribution in [0.3, 0.4) is 0 Å². The van der Waals surface area contributed by atoms with Crippen LogP contribution in [0.4, 0.5) is 0 Å². The van der Waals surface area contributed by atoms with Crippen LogP contribution in [0.5, 0.6) is 0 Å². The van der Waals surface area contributed by atoms with Crippen molar-refractivity contribution in [1.82, 2.24) is 14.1 Å². The molecular formula is C17H25N3O2S. The SMILES string of the molecule is CCN(Cc1ccccc1)S(=O)(=O)c1cn(C)nc1C(C)(C)C. The summed E-state index contributed by atoms with van der Waals surface area (Å²) in [5.41, 5.74) is 1.24. The van der Waals surface area contributed by atoms with Crippen LogP contribution >= 0.6 is 0 Å². The molecule has 1 aromatic heterocycles. The summed E-state index contributed by atoms with van der Waals surface area (Å²) in [6.07, 6.45) is 1.60. The highest BCUT2D eigenvalue weighted by Gasteiger charge is 2.33. The lowest BCUT2D eigenvalue weighted by atomic mass is 9.92. The van der Waals surface area contributed by atoms with E-state index in [-0.39, 0.29) is 5.41 Å². The Hall–Kier alpha value is -1.66. The van der Waals surface area contributed by atoms with E-state index >= 15 is 0 Å². The standard InChI is InChI=1S/C17H25N3O2S/c1-6-20(12-14-10-8-7-9-11-14)23(21,22)15-13-19(5)18-16(15)17(2,3)4/h7-11,13H,6,12H2,1-5H3. The average Bonchev–Trinajstić information content (AvgIpc) is 2.88. The number of nitrogens with zero attached hydrogens (tertiary/aromatic N) is 3. The van der Waals surface area contributed by atoms with Gasteiger partial charge < -0.3 is 0 Å². The summed E-state index contributed by atoms with van der Waals surface area (Å²) in [5, 5.41) is 4.38. The van der Waals surface area contributed by atoms with Gasteiger partial charge in [0.1, 0.15) is 4.90 Å². The van der Waals surface area contributed by atoms with Crippen molar-refractivity contribution in [3.05, 3.63) is 47.8 Å². The Kier molecular flexibility index (Phi) is 4.96. The molecule has 2 rings (SSSR count). The summed E-state index contributed by atoms with van der Waals surface area (Å²) in [5.74, 6) is 0. The molecule has 0 radical (unpaired) electrons. The molecule has 0 spiro atoms. The molecule has 126 valence electrons. The molecule has 1 heterocycles. The summed E-state index contributed by atoms with van der Waals surface area (Å²) < 4.78 is 29.3. The number of benzene rings is 1. The highest BCUT2D eigenvalue weighted by molar-refractivity contribution is 7.89. The van der Waals surface area contributed by atoms with Gasteiger partial charge in [-0.3, -0.25) is 4.68 Å². The van der Waals surface area contributed by atoms with Crippen molar-refractivity contribution in [2.75, 3.05) is 6.54 Å². The van der Waals surface area contributed by atoms with E-state index in [1.165, 1.54) is 4.31 Å². The van der Waals surface area contributed by atoms with Crippen LogP contribution in [0.1, 0.15) is 39.0 Å². The van der Waals surface area contributed by atoms with Crippen molar-refractivity contribution in [2.45, 2.75) is 44.6 Å². The van der Waals surface area contributed by atoms with Crippen LogP contribution < -0.4 is 0 Å². The van der Waals surface area contributed by atoms with E-state index in [1.54, 1.807) is 17.9 Å². The van der Waals surface area contributed by atoms with Gasteiger partial charge in [0, 0.05) is 31.7 Å². The predicted molar refractivity (Wildman–Crippen MR) is 91.6 cm³/mol. The second-order valence-corrected chi connectivity index (χ2v) is 8.59. The molecule has 0 fully saturated rings. The lowest BCUT2D eigenvalue weighted by Gasteiger charge is -2.23. The second-order valence-electron chi connectivity index (χ2n) is 6.68. The highest BCUT2D eigenvalue weighted by atomic mass is 32.2. The smallest absolute Gasteiger partial charge is 0.246 e. The normalized spacial score (nSPS) is 12.8. The van der Waals surface area contributed by atoms with Crippen LogP contribution in [-0.4, -0.2) is 29.0 Å². The lowest BCUT2D eigenvalue weighted by molar-refractivity contribution is 0.420. The summed E-state index contributed by atoms with van der Waals surface area (Å²) in [7, 11) is -1.84. The Labute approximate surface area is 139 Å². The van der Waals surface area contributed by atoms with Crippen molar-refractivity contribution in [3.63, 3.8) is 0 Å². The first kappa shape index (κ1) is 17.7. The number of sulfonamides is 1. The number of hydrogen-bond acceptors (Lipinski definition) is 3. The van der Waals surface area contributed by atoms with Crippen LogP contribution in [0.25, 0.3) is 0 Å². The van der Waals surface area contributed by atoms with Gasteiger partial charge in [0.15, 0.2) is 0 Å². The van der Waals surface area contributed by atoms with Crippen LogP contribution in [-0.2, 0) is 29.0 Å². The molecule has 5 nitrogen and oxygen atoms in total. The summed E-state index contributed by atoms with van der Waals surface area (Å²) in [4.78, 5) is 0.297. The average molecular weight is 335 g/mol. The Bertz CT molecular complexity index is 759. The van der Waals surface area contributed by atoms with Crippen LogP contribution in [0.2, 0.25) is 0 Å². The van der Waals surface area contributed by atoms with Crippen molar-refractivity contribution in [1.29, 1.82) is 0 Å². The van der Waals surface area contributed by atoms with Gasteiger partial charge in [0.05, 0.1) is 5.69 Å². The molecule has 0 amide bonds. The molecule has 6 heteroatoms. The molecule has 0 unspecified atom stereocenters. The van der Waals surface area contributed by atoms with E-state index < -0.39 is 10.0 Å². The molecular weight excluding hydrogens is 310 g/mol. The van der Waals surface area contributed by atoms with E-state index in [2.05, 4.69) is 5.10 Å². The minimum Gasteiger partial charge on any atom is -0.274 e. The maximum absolute atomic E-state index is 13.1. The van der Waals surface area contributed by atoms with Crippen molar-refractivity contribution in [2.24, 2.45) is 7.05 Å². The van der Waals surface area contributed by atoms with Gasteiger partial charge in [-0.25, -0.2) is 8.42 Å². The first-order chi connectivity index (χ1) is 10.7. The molecule has 0 bridgehead atoms. The maximum atomic E-state index is 13.1. The van der Waals surface area contributed by atoms with E-state index in [0.29, 0.717) is 23.7 Å². The van der Waals surface area contributed by atoms with Crippen LogP contribution in [0, 0.1) is 0 Å². The van der Waals surface area contributed by atoms with E-state index in [4.69, 9.17) is 0 Å². The molecule has 0 saturated carbocycles. The largest absolute Gasteiger partial charge is 0.274 e.